The van der Waals surface area contributed by atoms with Gasteiger partial charge in [0.05, 0.1) is 15.1 Å². The van der Waals surface area contributed by atoms with Crippen LogP contribution in [-0.4, -0.2) is 36.7 Å². The van der Waals surface area contributed by atoms with Gasteiger partial charge in [0.1, 0.15) is 0 Å². The fourth-order valence-electron chi connectivity index (χ4n) is 4.35. The number of anilines is 1. The first-order valence-electron chi connectivity index (χ1n) is 11.3. The van der Waals surface area contributed by atoms with Crippen molar-refractivity contribution in [1.82, 2.24) is 9.29 Å². The average Bonchev–Trinajstić information content (AvgIpc) is 3.53. The van der Waals surface area contributed by atoms with E-state index in [1.165, 1.54) is 15.6 Å². The van der Waals surface area contributed by atoms with Crippen molar-refractivity contribution in [3.05, 3.63) is 90.0 Å². The minimum Gasteiger partial charge on any atom is -0.302 e. The summed E-state index contributed by atoms with van der Waals surface area (Å²) in [6, 6.07) is 24.9. The van der Waals surface area contributed by atoms with Crippen LogP contribution in [0.5, 0.6) is 0 Å². The van der Waals surface area contributed by atoms with E-state index in [1.54, 1.807) is 18.2 Å². The van der Waals surface area contributed by atoms with Gasteiger partial charge >= 0.3 is 0 Å². The summed E-state index contributed by atoms with van der Waals surface area (Å²) in [6.45, 7) is 1.13. The molecule has 0 atom stereocenters. The maximum atomic E-state index is 13.0. The molecule has 1 aromatic heterocycles. The zero-order valence-corrected chi connectivity index (χ0v) is 20.2. The first kappa shape index (κ1) is 22.7. The molecule has 1 fully saturated rings. The first-order chi connectivity index (χ1) is 16.5. The summed E-state index contributed by atoms with van der Waals surface area (Å²) in [5.74, 6) is -0.212. The molecule has 3 aromatic carbocycles. The predicted octanol–water partition coefficient (Wildman–Crippen LogP) is 5.24. The zero-order chi connectivity index (χ0) is 23.5. The van der Waals surface area contributed by atoms with Crippen LogP contribution in [0.4, 0.5) is 5.13 Å². The van der Waals surface area contributed by atoms with E-state index in [2.05, 4.69) is 10.3 Å². The van der Waals surface area contributed by atoms with Crippen molar-refractivity contribution in [1.29, 1.82) is 0 Å². The van der Waals surface area contributed by atoms with Crippen molar-refractivity contribution in [3.8, 4) is 0 Å². The molecule has 1 aliphatic heterocycles. The number of rotatable bonds is 7. The van der Waals surface area contributed by atoms with E-state index < -0.39 is 10.0 Å². The number of fused-ring (bicyclic) bond motifs is 1. The maximum absolute atomic E-state index is 13.0. The van der Waals surface area contributed by atoms with Crippen LogP contribution in [0, 0.1) is 0 Å². The van der Waals surface area contributed by atoms with Gasteiger partial charge in [-0.3, -0.25) is 4.79 Å². The van der Waals surface area contributed by atoms with Crippen molar-refractivity contribution in [2.75, 3.05) is 18.4 Å². The first-order valence-corrected chi connectivity index (χ1v) is 13.6. The molecule has 174 valence electrons. The molecule has 0 aliphatic carbocycles. The second-order valence-electron chi connectivity index (χ2n) is 8.39. The second kappa shape index (κ2) is 9.66. The van der Waals surface area contributed by atoms with Crippen LogP contribution in [0.25, 0.3) is 10.2 Å². The fraction of sp³-hybridized carbons (Fsp3) is 0.231. The lowest BCUT2D eigenvalue weighted by molar-refractivity contribution is -0.116. The van der Waals surface area contributed by atoms with Crippen molar-refractivity contribution in [3.63, 3.8) is 0 Å². The van der Waals surface area contributed by atoms with Crippen LogP contribution in [-0.2, 0) is 14.8 Å². The van der Waals surface area contributed by atoms with Gasteiger partial charge in [-0.1, -0.05) is 72.0 Å². The lowest BCUT2D eigenvalue weighted by atomic mass is 9.88. The fourth-order valence-corrected chi connectivity index (χ4v) is 6.89. The number of aromatic nitrogens is 1. The van der Waals surface area contributed by atoms with Crippen molar-refractivity contribution in [2.24, 2.45) is 0 Å². The topological polar surface area (TPSA) is 79.4 Å². The SMILES string of the molecule is O=C(CC(c1ccccc1)c1ccccc1)Nc1nc2ccc(S(=O)(=O)N3CCCC3)cc2s1. The Hall–Kier alpha value is -3.07. The quantitative estimate of drug-likeness (QED) is 0.383. The molecule has 0 saturated carbocycles. The number of nitrogens with zero attached hydrogens (tertiary/aromatic N) is 2. The van der Waals surface area contributed by atoms with Gasteiger partial charge in [0.2, 0.25) is 15.9 Å². The molecule has 1 saturated heterocycles. The highest BCUT2D eigenvalue weighted by Gasteiger charge is 2.27. The summed E-state index contributed by atoms with van der Waals surface area (Å²) in [6.07, 6.45) is 2.06. The molecule has 0 bridgehead atoms. The third-order valence-electron chi connectivity index (χ3n) is 6.10. The second-order valence-corrected chi connectivity index (χ2v) is 11.4. The average molecular weight is 492 g/mol. The predicted molar refractivity (Wildman–Crippen MR) is 136 cm³/mol. The monoisotopic (exact) mass is 491 g/mol. The van der Waals surface area contributed by atoms with E-state index in [0.29, 0.717) is 23.7 Å². The molecule has 0 radical (unpaired) electrons. The summed E-state index contributed by atoms with van der Waals surface area (Å²) >= 11 is 1.29. The van der Waals surface area contributed by atoms with Crippen LogP contribution < -0.4 is 5.32 Å². The van der Waals surface area contributed by atoms with Crippen LogP contribution in [0.3, 0.4) is 0 Å². The lowest BCUT2D eigenvalue weighted by Gasteiger charge is -2.17. The Bertz CT molecular complexity index is 1360. The van der Waals surface area contributed by atoms with Gasteiger partial charge in [-0.25, -0.2) is 13.4 Å². The number of carbonyl (C=O) groups excluding carboxylic acids is 1. The maximum Gasteiger partial charge on any atom is 0.243 e. The van der Waals surface area contributed by atoms with E-state index >= 15 is 0 Å². The van der Waals surface area contributed by atoms with E-state index in [1.807, 2.05) is 60.7 Å². The number of thiazole rings is 1. The number of sulfonamides is 1. The highest BCUT2D eigenvalue weighted by molar-refractivity contribution is 7.89. The highest BCUT2D eigenvalue weighted by Crippen LogP contribution is 2.32. The minimum atomic E-state index is -3.50. The van der Waals surface area contributed by atoms with E-state index in [9.17, 15) is 13.2 Å². The van der Waals surface area contributed by atoms with E-state index in [4.69, 9.17) is 0 Å². The van der Waals surface area contributed by atoms with E-state index in [-0.39, 0.29) is 23.1 Å². The van der Waals surface area contributed by atoms with Gasteiger partial charge in [-0.05, 0) is 42.2 Å². The molecule has 8 heteroatoms. The molecule has 0 spiro atoms. The third kappa shape index (κ3) is 4.75. The van der Waals surface area contributed by atoms with E-state index in [0.717, 1.165) is 28.7 Å². The minimum absolute atomic E-state index is 0.0750. The molecule has 1 N–H and O–H groups in total. The standard InChI is InChI=1S/C26H25N3O3S2/c30-25(18-22(19-9-3-1-4-10-19)20-11-5-2-6-12-20)28-26-27-23-14-13-21(17-24(23)33-26)34(31,32)29-15-7-8-16-29/h1-6,9-14,17,22H,7-8,15-16,18H2,(H,27,28,30). The van der Waals surface area contributed by atoms with Gasteiger partial charge < -0.3 is 5.32 Å². The van der Waals surface area contributed by atoms with Crippen LogP contribution >= 0.6 is 11.3 Å². The van der Waals surface area contributed by atoms with Gasteiger partial charge in [0.15, 0.2) is 5.13 Å². The molecular formula is C26H25N3O3S2. The number of benzene rings is 3. The Balaban J connectivity index is 1.35. The Morgan fingerprint density at radius 1 is 0.941 bits per heavy atom. The summed E-state index contributed by atoms with van der Waals surface area (Å²) in [5.41, 5.74) is 2.82. The highest BCUT2D eigenvalue weighted by atomic mass is 32.2. The summed E-state index contributed by atoms with van der Waals surface area (Å²) in [4.78, 5) is 17.8. The Morgan fingerprint density at radius 2 is 1.56 bits per heavy atom. The normalized spacial score (nSPS) is 14.6. The number of hydrogen-bond acceptors (Lipinski definition) is 5. The number of hydrogen-bond donors (Lipinski definition) is 1. The van der Waals surface area contributed by atoms with Gasteiger partial charge in [0.25, 0.3) is 0 Å². The largest absolute Gasteiger partial charge is 0.302 e. The summed E-state index contributed by atoms with van der Waals surface area (Å²) in [5, 5.41) is 3.39. The molecule has 34 heavy (non-hydrogen) atoms. The van der Waals surface area contributed by atoms with Crippen molar-refractivity contribution >= 4 is 42.6 Å². The van der Waals surface area contributed by atoms with Crippen LogP contribution in [0.15, 0.2) is 83.8 Å². The summed E-state index contributed by atoms with van der Waals surface area (Å²) < 4.78 is 28.1. The third-order valence-corrected chi connectivity index (χ3v) is 8.93. The Labute approximate surface area is 203 Å². The molecule has 0 unspecified atom stereocenters. The number of amides is 1. The number of nitrogens with one attached hydrogen (secondary N) is 1. The Kier molecular flexibility index (Phi) is 6.45. The molecule has 1 aliphatic rings. The van der Waals surface area contributed by atoms with Crippen molar-refractivity contribution in [2.45, 2.75) is 30.1 Å². The zero-order valence-electron chi connectivity index (χ0n) is 18.6. The smallest absolute Gasteiger partial charge is 0.243 e. The lowest BCUT2D eigenvalue weighted by Crippen LogP contribution is -2.27. The van der Waals surface area contributed by atoms with Gasteiger partial charge in [-0.15, -0.1) is 0 Å². The van der Waals surface area contributed by atoms with Crippen LogP contribution in [0.2, 0.25) is 0 Å². The van der Waals surface area contributed by atoms with Crippen LogP contribution in [0.1, 0.15) is 36.3 Å². The summed E-state index contributed by atoms with van der Waals surface area (Å²) in [7, 11) is -3.50. The van der Waals surface area contributed by atoms with Gasteiger partial charge in [0, 0.05) is 25.4 Å². The molecule has 4 aromatic rings. The Morgan fingerprint density at radius 3 is 2.18 bits per heavy atom. The van der Waals surface area contributed by atoms with Gasteiger partial charge in [-0.2, -0.15) is 4.31 Å². The molecule has 5 rings (SSSR count). The molecule has 2 heterocycles. The molecule has 6 nitrogen and oxygen atoms in total. The molecular weight excluding hydrogens is 466 g/mol. The number of carbonyl (C=O) groups is 1. The van der Waals surface area contributed by atoms with Crippen molar-refractivity contribution < 1.29 is 13.2 Å². The molecule has 1 amide bonds.